The third kappa shape index (κ3) is 3.03. The molecule has 1 rings (SSSR count). The summed E-state index contributed by atoms with van der Waals surface area (Å²) in [6, 6.07) is 0. The molecule has 2 atom stereocenters. The van der Waals surface area contributed by atoms with E-state index >= 15 is 0 Å². The molecule has 0 spiro atoms. The number of thioether (sulfide) groups is 1. The van der Waals surface area contributed by atoms with Crippen LogP contribution in [-0.2, 0) is 7.05 Å². The highest BCUT2D eigenvalue weighted by atomic mass is 32.2. The van der Waals surface area contributed by atoms with Crippen molar-refractivity contribution in [1.29, 1.82) is 0 Å². The molecule has 0 bridgehead atoms. The molecule has 0 fully saturated rings. The van der Waals surface area contributed by atoms with Crippen molar-refractivity contribution in [1.82, 2.24) is 9.55 Å². The van der Waals surface area contributed by atoms with Gasteiger partial charge in [-0.25, -0.2) is 4.98 Å². The Morgan fingerprint density at radius 3 is 2.86 bits per heavy atom. The number of aromatic nitrogens is 2. The van der Waals surface area contributed by atoms with Crippen LogP contribution in [0, 0.1) is 0 Å². The molecule has 0 saturated heterocycles. The fourth-order valence-electron chi connectivity index (χ4n) is 1.15. The van der Waals surface area contributed by atoms with Crippen molar-refractivity contribution >= 4 is 11.8 Å². The van der Waals surface area contributed by atoms with E-state index in [9.17, 15) is 5.11 Å². The van der Waals surface area contributed by atoms with Crippen LogP contribution in [0.2, 0.25) is 0 Å². The highest BCUT2D eigenvalue weighted by Crippen LogP contribution is 2.21. The maximum atomic E-state index is 9.83. The van der Waals surface area contributed by atoms with Gasteiger partial charge in [0.1, 0.15) is 11.9 Å². The van der Waals surface area contributed by atoms with Crippen LogP contribution in [0.15, 0.2) is 12.4 Å². The minimum Gasteiger partial charge on any atom is -0.384 e. The van der Waals surface area contributed by atoms with Crippen LogP contribution in [0.4, 0.5) is 0 Å². The van der Waals surface area contributed by atoms with E-state index in [0.29, 0.717) is 5.25 Å². The maximum absolute atomic E-state index is 9.83. The molecule has 1 N–H and O–H groups in total. The van der Waals surface area contributed by atoms with Gasteiger partial charge in [-0.15, -0.1) is 0 Å². The Balaban J connectivity index is 2.43. The second kappa shape index (κ2) is 5.41. The average Bonchev–Trinajstić information content (AvgIpc) is 2.60. The molecular formula is C10H18N2OS. The van der Waals surface area contributed by atoms with Gasteiger partial charge in [0.05, 0.1) is 0 Å². The van der Waals surface area contributed by atoms with Crippen LogP contribution >= 0.6 is 11.8 Å². The maximum Gasteiger partial charge on any atom is 0.138 e. The van der Waals surface area contributed by atoms with Gasteiger partial charge < -0.3 is 9.67 Å². The second-order valence-electron chi connectivity index (χ2n) is 3.46. The van der Waals surface area contributed by atoms with Crippen LogP contribution < -0.4 is 0 Å². The van der Waals surface area contributed by atoms with Crippen LogP contribution in [-0.4, -0.2) is 25.7 Å². The number of aliphatic hydroxyl groups excluding tert-OH is 1. The second-order valence-corrected chi connectivity index (χ2v) is 4.94. The number of aliphatic hydroxyl groups is 1. The minimum absolute atomic E-state index is 0.450. The molecule has 1 aromatic heterocycles. The first-order valence-corrected chi connectivity index (χ1v) is 5.97. The molecule has 0 aliphatic carbocycles. The molecule has 0 amide bonds. The fraction of sp³-hybridized carbons (Fsp3) is 0.700. The van der Waals surface area contributed by atoms with Gasteiger partial charge in [-0.05, 0) is 6.42 Å². The molecule has 3 nitrogen and oxygen atoms in total. The smallest absolute Gasteiger partial charge is 0.138 e. The first-order valence-electron chi connectivity index (χ1n) is 4.92. The normalized spacial score (nSPS) is 15.4. The molecule has 0 aliphatic rings. The van der Waals surface area contributed by atoms with Crippen LogP contribution in [0.5, 0.6) is 0 Å². The van der Waals surface area contributed by atoms with Gasteiger partial charge in [-0.1, -0.05) is 13.8 Å². The zero-order valence-corrected chi connectivity index (χ0v) is 9.79. The van der Waals surface area contributed by atoms with E-state index in [2.05, 4.69) is 18.8 Å². The monoisotopic (exact) mass is 214 g/mol. The molecule has 1 aromatic rings. The number of rotatable bonds is 5. The van der Waals surface area contributed by atoms with Crippen molar-refractivity contribution in [2.24, 2.45) is 7.05 Å². The number of nitrogens with zero attached hydrogens (tertiary/aromatic N) is 2. The fourth-order valence-corrected chi connectivity index (χ4v) is 2.04. The van der Waals surface area contributed by atoms with E-state index in [4.69, 9.17) is 0 Å². The van der Waals surface area contributed by atoms with Crippen LogP contribution in [0.1, 0.15) is 32.2 Å². The van der Waals surface area contributed by atoms with E-state index in [-0.39, 0.29) is 0 Å². The minimum atomic E-state index is -0.450. The van der Waals surface area contributed by atoms with Gasteiger partial charge in [-0.2, -0.15) is 11.8 Å². The summed E-state index contributed by atoms with van der Waals surface area (Å²) in [4.78, 5) is 4.12. The predicted molar refractivity (Wildman–Crippen MR) is 60.4 cm³/mol. The Morgan fingerprint density at radius 1 is 1.64 bits per heavy atom. The standard InChI is InChI=1S/C10H18N2OS/c1-4-8(2)14-7-9(13)10-11-5-6-12(10)3/h5-6,8-9,13H,4,7H2,1-3H3. The van der Waals surface area contributed by atoms with Crippen molar-refractivity contribution in [3.63, 3.8) is 0 Å². The summed E-state index contributed by atoms with van der Waals surface area (Å²) in [5, 5.41) is 10.4. The summed E-state index contributed by atoms with van der Waals surface area (Å²) < 4.78 is 1.86. The van der Waals surface area contributed by atoms with E-state index in [1.165, 1.54) is 0 Å². The van der Waals surface area contributed by atoms with E-state index in [1.54, 1.807) is 18.0 Å². The van der Waals surface area contributed by atoms with Gasteiger partial charge in [0, 0.05) is 30.4 Å². The third-order valence-corrected chi connectivity index (χ3v) is 3.68. The zero-order chi connectivity index (χ0) is 10.6. The number of hydrogen-bond donors (Lipinski definition) is 1. The Labute approximate surface area is 89.5 Å². The van der Waals surface area contributed by atoms with Crippen LogP contribution in [0.3, 0.4) is 0 Å². The van der Waals surface area contributed by atoms with E-state index in [0.717, 1.165) is 18.0 Å². The van der Waals surface area contributed by atoms with Crippen molar-refractivity contribution in [2.45, 2.75) is 31.6 Å². The lowest BCUT2D eigenvalue weighted by atomic mass is 10.4. The molecule has 0 radical (unpaired) electrons. The van der Waals surface area contributed by atoms with Gasteiger partial charge in [0.25, 0.3) is 0 Å². The zero-order valence-electron chi connectivity index (χ0n) is 8.97. The third-order valence-electron chi connectivity index (χ3n) is 2.27. The van der Waals surface area contributed by atoms with Gasteiger partial charge in [-0.3, -0.25) is 0 Å². The molecule has 0 aliphatic heterocycles. The van der Waals surface area contributed by atoms with Crippen molar-refractivity contribution in [3.05, 3.63) is 18.2 Å². The Morgan fingerprint density at radius 2 is 2.36 bits per heavy atom. The van der Waals surface area contributed by atoms with Crippen LogP contribution in [0.25, 0.3) is 0 Å². The molecule has 0 aromatic carbocycles. The predicted octanol–water partition coefficient (Wildman–Crippen LogP) is 1.99. The van der Waals surface area contributed by atoms with E-state index in [1.807, 2.05) is 17.8 Å². The first-order chi connectivity index (χ1) is 6.65. The lowest BCUT2D eigenvalue weighted by Gasteiger charge is -2.13. The topological polar surface area (TPSA) is 38.1 Å². The Kier molecular flexibility index (Phi) is 4.48. The number of aryl methyl sites for hydroxylation is 1. The molecule has 2 unspecified atom stereocenters. The summed E-state index contributed by atoms with van der Waals surface area (Å²) in [6.07, 6.45) is 4.26. The van der Waals surface area contributed by atoms with Crippen molar-refractivity contribution in [3.8, 4) is 0 Å². The number of imidazole rings is 1. The van der Waals surface area contributed by atoms with Gasteiger partial charge in [0.2, 0.25) is 0 Å². The van der Waals surface area contributed by atoms with Gasteiger partial charge in [0.15, 0.2) is 0 Å². The molecule has 0 saturated carbocycles. The summed E-state index contributed by atoms with van der Waals surface area (Å²) in [5.41, 5.74) is 0. The molecular weight excluding hydrogens is 196 g/mol. The first kappa shape index (κ1) is 11.6. The highest BCUT2D eigenvalue weighted by molar-refractivity contribution is 7.99. The summed E-state index contributed by atoms with van der Waals surface area (Å²) in [5.74, 6) is 1.47. The Bertz CT molecular complexity index is 275. The largest absolute Gasteiger partial charge is 0.384 e. The SMILES string of the molecule is CCC(C)SCC(O)c1nccn1C. The van der Waals surface area contributed by atoms with E-state index < -0.39 is 6.10 Å². The molecule has 1 heterocycles. The summed E-state index contributed by atoms with van der Waals surface area (Å²) in [6.45, 7) is 4.33. The molecule has 14 heavy (non-hydrogen) atoms. The average molecular weight is 214 g/mol. The summed E-state index contributed by atoms with van der Waals surface area (Å²) in [7, 11) is 1.90. The molecule has 4 heteroatoms. The van der Waals surface area contributed by atoms with Crippen molar-refractivity contribution < 1.29 is 5.11 Å². The Hall–Kier alpha value is -0.480. The van der Waals surface area contributed by atoms with Gasteiger partial charge >= 0.3 is 0 Å². The lowest BCUT2D eigenvalue weighted by molar-refractivity contribution is 0.190. The highest BCUT2D eigenvalue weighted by Gasteiger charge is 2.13. The summed E-state index contributed by atoms with van der Waals surface area (Å²) >= 11 is 1.79. The number of hydrogen-bond acceptors (Lipinski definition) is 3. The quantitative estimate of drug-likeness (QED) is 0.814. The molecule has 80 valence electrons. The van der Waals surface area contributed by atoms with Crippen molar-refractivity contribution in [2.75, 3.05) is 5.75 Å². The lowest BCUT2D eigenvalue weighted by Crippen LogP contribution is -2.09.